The Balaban J connectivity index is 0.921. The van der Waals surface area contributed by atoms with E-state index < -0.39 is 22.0 Å². The van der Waals surface area contributed by atoms with Crippen LogP contribution in [0.5, 0.6) is 0 Å². The SMILES string of the molecule is CCC(O)CN(/N=C/c1ccc(N(c2ccccc2)c2ccccc2)cc1)c1ccc(S(=O)(=O)c2ccc(N(CC(O)CSc3nnc(SC)s3)/N=C/c3ccc(N(c4ccccc4)c4ccccc4)cc3)cc2)cc1. The highest BCUT2D eigenvalue weighted by Gasteiger charge is 2.21. The summed E-state index contributed by atoms with van der Waals surface area (Å²) in [5.74, 6) is 0.345. The van der Waals surface area contributed by atoms with Crippen LogP contribution >= 0.6 is 34.9 Å². The van der Waals surface area contributed by atoms with Gasteiger partial charge in [0, 0.05) is 39.9 Å². The van der Waals surface area contributed by atoms with E-state index in [0.717, 1.165) is 53.9 Å². The summed E-state index contributed by atoms with van der Waals surface area (Å²) in [4.78, 5) is 4.57. The van der Waals surface area contributed by atoms with Gasteiger partial charge in [-0.05, 0) is 145 Å². The van der Waals surface area contributed by atoms with Crippen molar-refractivity contribution < 1.29 is 18.6 Å². The van der Waals surface area contributed by atoms with Crippen molar-refractivity contribution in [1.29, 1.82) is 0 Å². The van der Waals surface area contributed by atoms with E-state index in [1.54, 1.807) is 71.0 Å². The lowest BCUT2D eigenvalue weighted by molar-refractivity contribution is 0.176. The molecule has 0 fully saturated rings. The zero-order valence-corrected chi connectivity index (χ0v) is 45.1. The lowest BCUT2D eigenvalue weighted by Gasteiger charge is -2.25. The van der Waals surface area contributed by atoms with Crippen LogP contribution in [0.1, 0.15) is 24.5 Å². The van der Waals surface area contributed by atoms with Crippen LogP contribution < -0.4 is 19.8 Å². The van der Waals surface area contributed by atoms with Crippen LogP contribution in [-0.2, 0) is 9.84 Å². The number of hydrogen-bond donors (Lipinski definition) is 2. The first-order chi connectivity index (χ1) is 37.1. The number of nitrogens with zero attached hydrogens (tertiary/aromatic N) is 8. The van der Waals surface area contributed by atoms with Crippen molar-refractivity contribution in [2.24, 2.45) is 10.2 Å². The molecule has 16 heteroatoms. The predicted octanol–water partition coefficient (Wildman–Crippen LogP) is 13.6. The topological polar surface area (TPSA) is 138 Å². The molecule has 9 aromatic rings. The third-order valence-electron chi connectivity index (χ3n) is 12.1. The highest BCUT2D eigenvalue weighted by atomic mass is 32.2. The smallest absolute Gasteiger partial charge is 0.206 e. The summed E-state index contributed by atoms with van der Waals surface area (Å²) in [7, 11) is -3.96. The van der Waals surface area contributed by atoms with Crippen LogP contribution in [0, 0.1) is 0 Å². The molecule has 0 radical (unpaired) electrons. The maximum absolute atomic E-state index is 14.2. The number of aliphatic hydroxyl groups excluding tert-OH is 2. The molecule has 2 unspecified atom stereocenters. The molecule has 9 rings (SSSR count). The number of benzene rings is 8. The summed E-state index contributed by atoms with van der Waals surface area (Å²) in [5.41, 5.74) is 8.97. The standard InChI is InChI=1S/C60H56N8O4S4/c1-3-55(69)42-65(61-40-45-24-28-53(29-25-45)67(49-16-8-4-9-17-49)50-18-10-5-11-19-50)47-32-36-57(37-33-47)76(71,72)58-38-34-48(35-39-58)66(43-56(70)44-74-60-64-63-59(73-2)75-60)62-41-46-26-30-54(31-27-46)68(51-20-12-6-13-21-51)52-22-14-7-15-23-52/h4-41,55-56,69-70H,3,42-44H2,1-2H3/b61-40+,62-41+. The van der Waals surface area contributed by atoms with Crippen molar-refractivity contribution in [3.05, 3.63) is 230 Å². The molecule has 0 bridgehead atoms. The first-order valence-electron chi connectivity index (χ1n) is 24.6. The average molecular weight is 1080 g/mol. The van der Waals surface area contributed by atoms with E-state index in [-0.39, 0.29) is 22.9 Å². The van der Waals surface area contributed by atoms with Gasteiger partial charge in [0.15, 0.2) is 8.68 Å². The number of aliphatic hydroxyl groups is 2. The molecule has 76 heavy (non-hydrogen) atoms. The van der Waals surface area contributed by atoms with Crippen molar-refractivity contribution in [3.8, 4) is 0 Å². The molecule has 0 amide bonds. The second-order valence-corrected chi connectivity index (χ2v) is 22.7. The molecule has 1 aromatic heterocycles. The molecule has 2 atom stereocenters. The number of aromatic nitrogens is 2. The molecule has 1 heterocycles. The van der Waals surface area contributed by atoms with Crippen LogP contribution in [-0.4, -0.2) is 78.6 Å². The highest BCUT2D eigenvalue weighted by Crippen LogP contribution is 2.36. The summed E-state index contributed by atoms with van der Waals surface area (Å²) in [5, 5.41) is 43.5. The molecule has 0 aliphatic carbocycles. The Morgan fingerprint density at radius 1 is 0.487 bits per heavy atom. The van der Waals surface area contributed by atoms with Crippen LogP contribution in [0.15, 0.2) is 247 Å². The number of para-hydroxylation sites is 4. The molecule has 384 valence electrons. The fourth-order valence-electron chi connectivity index (χ4n) is 8.15. The van der Waals surface area contributed by atoms with Crippen LogP contribution in [0.2, 0.25) is 0 Å². The number of thioether (sulfide) groups is 2. The first-order valence-corrected chi connectivity index (χ1v) is 29.1. The molecule has 0 saturated carbocycles. The minimum atomic E-state index is -3.96. The Hall–Kier alpha value is -7.57. The highest BCUT2D eigenvalue weighted by molar-refractivity contribution is 8.03. The molecule has 12 nitrogen and oxygen atoms in total. The van der Waals surface area contributed by atoms with Crippen LogP contribution in [0.3, 0.4) is 0 Å². The van der Waals surface area contributed by atoms with Crippen molar-refractivity contribution in [2.75, 3.05) is 44.9 Å². The fraction of sp³-hybridized carbons (Fsp3) is 0.133. The Labute approximate surface area is 457 Å². The Morgan fingerprint density at radius 3 is 1.18 bits per heavy atom. The molecule has 0 aliphatic rings. The minimum Gasteiger partial charge on any atom is -0.391 e. The van der Waals surface area contributed by atoms with E-state index in [9.17, 15) is 18.6 Å². The van der Waals surface area contributed by atoms with E-state index in [2.05, 4.69) is 68.5 Å². The molecule has 0 spiro atoms. The molecular formula is C60H56N8O4S4. The van der Waals surface area contributed by atoms with E-state index in [0.29, 0.717) is 23.5 Å². The number of hydrazone groups is 2. The number of sulfone groups is 1. The maximum Gasteiger partial charge on any atom is 0.206 e. The van der Waals surface area contributed by atoms with Crippen LogP contribution in [0.25, 0.3) is 0 Å². The van der Waals surface area contributed by atoms with Crippen LogP contribution in [0.4, 0.5) is 45.5 Å². The first kappa shape index (κ1) is 53.3. The van der Waals surface area contributed by atoms with Gasteiger partial charge < -0.3 is 20.0 Å². The van der Waals surface area contributed by atoms with Gasteiger partial charge in [-0.2, -0.15) is 10.2 Å². The van der Waals surface area contributed by atoms with Gasteiger partial charge in [-0.1, -0.05) is 139 Å². The Kier molecular flexibility index (Phi) is 18.1. The Bertz CT molecular complexity index is 3320. The fourth-order valence-corrected chi connectivity index (χ4v) is 11.8. The molecule has 0 saturated heterocycles. The quantitative estimate of drug-likeness (QED) is 0.0358. The van der Waals surface area contributed by atoms with Crippen molar-refractivity contribution in [2.45, 2.75) is 44.0 Å². The lowest BCUT2D eigenvalue weighted by atomic mass is 10.1. The van der Waals surface area contributed by atoms with Gasteiger partial charge in [0.2, 0.25) is 9.84 Å². The Morgan fingerprint density at radius 2 is 0.829 bits per heavy atom. The van der Waals surface area contributed by atoms with Gasteiger partial charge in [0.25, 0.3) is 0 Å². The molecule has 2 N–H and O–H groups in total. The third kappa shape index (κ3) is 13.6. The molecule has 8 aromatic carbocycles. The van der Waals surface area contributed by atoms with Crippen molar-refractivity contribution in [1.82, 2.24) is 10.2 Å². The lowest BCUT2D eigenvalue weighted by Crippen LogP contribution is -2.30. The number of rotatable bonds is 23. The zero-order valence-electron chi connectivity index (χ0n) is 41.8. The second-order valence-electron chi connectivity index (χ2n) is 17.4. The summed E-state index contributed by atoms with van der Waals surface area (Å²) in [6.45, 7) is 2.23. The van der Waals surface area contributed by atoms with Gasteiger partial charge in [-0.15, -0.1) is 10.2 Å². The van der Waals surface area contributed by atoms with E-state index in [1.165, 1.54) is 34.9 Å². The second kappa shape index (κ2) is 25.8. The van der Waals surface area contributed by atoms with Crippen molar-refractivity contribution in [3.63, 3.8) is 0 Å². The van der Waals surface area contributed by atoms with Gasteiger partial charge >= 0.3 is 0 Å². The maximum atomic E-state index is 14.2. The summed E-state index contributed by atoms with van der Waals surface area (Å²) in [6, 6.07) is 69.9. The monoisotopic (exact) mass is 1080 g/mol. The number of anilines is 8. The summed E-state index contributed by atoms with van der Waals surface area (Å²) < 4.78 is 30.0. The van der Waals surface area contributed by atoms with E-state index in [4.69, 9.17) is 10.2 Å². The van der Waals surface area contributed by atoms with Gasteiger partial charge in [0.05, 0.1) is 58.9 Å². The summed E-state index contributed by atoms with van der Waals surface area (Å²) in [6.07, 6.45) is 4.44. The largest absolute Gasteiger partial charge is 0.391 e. The molecule has 0 aliphatic heterocycles. The van der Waals surface area contributed by atoms with E-state index >= 15 is 0 Å². The predicted molar refractivity (Wildman–Crippen MR) is 315 cm³/mol. The van der Waals surface area contributed by atoms with Gasteiger partial charge in [-0.3, -0.25) is 10.0 Å². The minimum absolute atomic E-state index is 0.0969. The summed E-state index contributed by atoms with van der Waals surface area (Å²) >= 11 is 4.42. The zero-order chi connectivity index (χ0) is 52.7. The van der Waals surface area contributed by atoms with Gasteiger partial charge in [-0.25, -0.2) is 8.42 Å². The molecular weight excluding hydrogens is 1020 g/mol. The van der Waals surface area contributed by atoms with E-state index in [1.807, 2.05) is 135 Å². The normalized spacial score (nSPS) is 12.4. The average Bonchev–Trinajstić information content (AvgIpc) is 3.95. The number of hydrogen-bond acceptors (Lipinski definition) is 15. The van der Waals surface area contributed by atoms with Gasteiger partial charge in [0.1, 0.15) is 0 Å². The van der Waals surface area contributed by atoms with Crippen molar-refractivity contribution >= 4 is 103 Å². The third-order valence-corrected chi connectivity index (χ3v) is 17.1.